The molecule has 0 fully saturated rings. The smallest absolute Gasteiger partial charge is 0.328 e. The molecule has 2 heterocycles. The second-order valence-electron chi connectivity index (χ2n) is 4.09. The van der Waals surface area contributed by atoms with Crippen LogP contribution in [0.1, 0.15) is 5.56 Å². The Hall–Kier alpha value is -2.51. The Morgan fingerprint density at radius 3 is 2.62 bits per heavy atom. The number of nitrogens with zero attached hydrogens (tertiary/aromatic N) is 3. The van der Waals surface area contributed by atoms with E-state index in [2.05, 4.69) is 9.98 Å². The van der Waals surface area contributed by atoms with E-state index >= 15 is 0 Å². The van der Waals surface area contributed by atoms with Crippen LogP contribution in [0.4, 0.5) is 17.6 Å². The largest absolute Gasteiger partial charge is 0.473 e. The number of carbonyl (C=O) groups excluding carboxylic acids is 1. The summed E-state index contributed by atoms with van der Waals surface area (Å²) in [6.45, 7) is 0.109. The van der Waals surface area contributed by atoms with Crippen LogP contribution in [0.25, 0.3) is 0 Å². The zero-order valence-corrected chi connectivity index (χ0v) is 10.5. The van der Waals surface area contributed by atoms with Crippen LogP contribution in [0.2, 0.25) is 0 Å². The lowest BCUT2D eigenvalue weighted by Crippen LogP contribution is -2.27. The number of carbonyl (C=O) groups is 1. The Labute approximate surface area is 116 Å². The molecule has 0 aromatic carbocycles. The summed E-state index contributed by atoms with van der Waals surface area (Å²) in [5.74, 6) is -2.84. The zero-order valence-electron chi connectivity index (χ0n) is 10.5. The Morgan fingerprint density at radius 2 is 2.00 bits per heavy atom. The Balaban J connectivity index is 2.35. The van der Waals surface area contributed by atoms with Crippen molar-refractivity contribution in [3.63, 3.8) is 0 Å². The van der Waals surface area contributed by atoms with Gasteiger partial charge in [-0.25, -0.2) is 4.98 Å². The van der Waals surface area contributed by atoms with Crippen LogP contribution in [0.5, 0.6) is 0 Å². The van der Waals surface area contributed by atoms with Gasteiger partial charge in [-0.05, 0) is 23.8 Å². The summed E-state index contributed by atoms with van der Waals surface area (Å²) < 4.78 is 50.7. The second-order valence-corrected chi connectivity index (χ2v) is 4.09. The normalized spacial score (nSPS) is 12.5. The van der Waals surface area contributed by atoms with Gasteiger partial charge < -0.3 is 4.57 Å². The Bertz CT molecular complexity index is 704. The lowest BCUT2D eigenvalue weighted by Gasteiger charge is -2.07. The lowest BCUT2D eigenvalue weighted by atomic mass is 10.3. The summed E-state index contributed by atoms with van der Waals surface area (Å²) in [4.78, 5) is 17.4. The van der Waals surface area contributed by atoms with Gasteiger partial charge in [0.05, 0.1) is 6.54 Å². The molecule has 21 heavy (non-hydrogen) atoms. The van der Waals surface area contributed by atoms with Crippen molar-refractivity contribution in [1.82, 2.24) is 9.55 Å². The molecule has 4 nitrogen and oxygen atoms in total. The van der Waals surface area contributed by atoms with Gasteiger partial charge in [-0.1, -0.05) is 12.1 Å². The molecule has 2 rings (SSSR count). The molecule has 2 aromatic rings. The second kappa shape index (κ2) is 5.86. The zero-order chi connectivity index (χ0) is 15.5. The van der Waals surface area contributed by atoms with E-state index in [0.29, 0.717) is 5.56 Å². The first kappa shape index (κ1) is 14.9. The minimum absolute atomic E-state index is 0.109. The van der Waals surface area contributed by atoms with E-state index in [4.69, 9.17) is 0 Å². The average Bonchev–Trinajstić information content (AvgIpc) is 2.42. The van der Waals surface area contributed by atoms with Crippen molar-refractivity contribution in [3.8, 4) is 0 Å². The SMILES string of the molecule is O=C(N=c1ccccn1Cc1ccc(F)nc1)C(F)(F)F. The van der Waals surface area contributed by atoms with Gasteiger partial charge in [0, 0.05) is 12.4 Å². The fourth-order valence-corrected chi connectivity index (χ4v) is 1.57. The number of amides is 1. The van der Waals surface area contributed by atoms with Crippen LogP contribution in [0.15, 0.2) is 47.7 Å². The topological polar surface area (TPSA) is 47.2 Å². The highest BCUT2D eigenvalue weighted by atomic mass is 19.4. The fraction of sp³-hybridized carbons (Fsp3) is 0.154. The summed E-state index contributed by atoms with van der Waals surface area (Å²) in [6, 6.07) is 6.89. The molecule has 0 aliphatic rings. The highest BCUT2D eigenvalue weighted by Gasteiger charge is 2.38. The molecule has 1 amide bonds. The molecule has 0 saturated heterocycles. The third-order valence-electron chi connectivity index (χ3n) is 2.52. The van der Waals surface area contributed by atoms with Crippen molar-refractivity contribution in [2.45, 2.75) is 12.7 Å². The third kappa shape index (κ3) is 3.98. The molecule has 2 aromatic heterocycles. The van der Waals surface area contributed by atoms with Crippen molar-refractivity contribution in [1.29, 1.82) is 0 Å². The maximum absolute atomic E-state index is 12.7. The number of hydrogen-bond donors (Lipinski definition) is 0. The minimum Gasteiger partial charge on any atom is -0.328 e. The molecule has 0 bridgehead atoms. The van der Waals surface area contributed by atoms with Gasteiger partial charge in [0.25, 0.3) is 0 Å². The molecule has 0 aliphatic heterocycles. The Morgan fingerprint density at radius 1 is 1.24 bits per heavy atom. The molecule has 0 atom stereocenters. The van der Waals surface area contributed by atoms with E-state index in [0.717, 1.165) is 6.07 Å². The highest BCUT2D eigenvalue weighted by molar-refractivity contribution is 5.82. The predicted molar refractivity (Wildman–Crippen MR) is 64.4 cm³/mol. The Kier molecular flexibility index (Phi) is 4.15. The van der Waals surface area contributed by atoms with Crippen LogP contribution < -0.4 is 5.49 Å². The van der Waals surface area contributed by atoms with Gasteiger partial charge in [0.2, 0.25) is 5.95 Å². The number of rotatable bonds is 2. The first-order valence-corrected chi connectivity index (χ1v) is 5.78. The van der Waals surface area contributed by atoms with Crippen molar-refractivity contribution >= 4 is 5.91 Å². The van der Waals surface area contributed by atoms with Crippen LogP contribution in [0.3, 0.4) is 0 Å². The molecule has 0 unspecified atom stereocenters. The van der Waals surface area contributed by atoms with E-state index < -0.39 is 18.0 Å². The summed E-state index contributed by atoms with van der Waals surface area (Å²) in [5.41, 5.74) is 0.410. The molecule has 0 saturated carbocycles. The van der Waals surface area contributed by atoms with Crippen molar-refractivity contribution in [3.05, 3.63) is 59.7 Å². The van der Waals surface area contributed by atoms with Crippen LogP contribution in [-0.4, -0.2) is 21.6 Å². The molecule has 0 radical (unpaired) electrons. The molecular weight excluding hydrogens is 290 g/mol. The number of aromatic nitrogens is 2. The van der Waals surface area contributed by atoms with Gasteiger partial charge in [0.15, 0.2) is 0 Å². The molecule has 0 spiro atoms. The lowest BCUT2D eigenvalue weighted by molar-refractivity contribution is -0.169. The molecule has 0 aliphatic carbocycles. The van der Waals surface area contributed by atoms with E-state index in [-0.39, 0.29) is 12.0 Å². The quantitative estimate of drug-likeness (QED) is 0.629. The number of halogens is 4. The van der Waals surface area contributed by atoms with E-state index in [1.54, 1.807) is 6.07 Å². The number of alkyl halides is 3. The van der Waals surface area contributed by atoms with Gasteiger partial charge in [0.1, 0.15) is 5.49 Å². The van der Waals surface area contributed by atoms with E-state index in [1.807, 2.05) is 0 Å². The van der Waals surface area contributed by atoms with E-state index in [1.165, 1.54) is 35.2 Å². The minimum atomic E-state index is -5.02. The first-order chi connectivity index (χ1) is 9.86. The van der Waals surface area contributed by atoms with Gasteiger partial charge >= 0.3 is 12.1 Å². The van der Waals surface area contributed by atoms with Gasteiger partial charge in [-0.3, -0.25) is 4.79 Å². The molecule has 8 heteroatoms. The van der Waals surface area contributed by atoms with Crippen LogP contribution >= 0.6 is 0 Å². The standard InChI is InChI=1S/C13H9F4N3O/c14-10-5-4-9(7-18-10)8-20-6-2-1-3-11(20)19-12(21)13(15,16)17/h1-7H,8H2. The van der Waals surface area contributed by atoms with Crippen LogP contribution in [0, 0.1) is 5.95 Å². The number of pyridine rings is 2. The van der Waals surface area contributed by atoms with Crippen molar-refractivity contribution < 1.29 is 22.4 Å². The summed E-state index contributed by atoms with van der Waals surface area (Å²) in [7, 11) is 0. The molecule has 0 N–H and O–H groups in total. The summed E-state index contributed by atoms with van der Waals surface area (Å²) in [6.07, 6.45) is -2.30. The molecule has 110 valence electrons. The monoisotopic (exact) mass is 299 g/mol. The highest BCUT2D eigenvalue weighted by Crippen LogP contribution is 2.15. The van der Waals surface area contributed by atoms with Crippen molar-refractivity contribution in [2.24, 2.45) is 4.99 Å². The number of hydrogen-bond acceptors (Lipinski definition) is 2. The maximum atomic E-state index is 12.7. The van der Waals surface area contributed by atoms with Crippen molar-refractivity contribution in [2.75, 3.05) is 0 Å². The molecular formula is C13H9F4N3O. The summed E-state index contributed by atoms with van der Waals surface area (Å²) in [5, 5.41) is 0. The average molecular weight is 299 g/mol. The van der Waals surface area contributed by atoms with Gasteiger partial charge in [-0.15, -0.1) is 0 Å². The maximum Gasteiger partial charge on any atom is 0.473 e. The van der Waals surface area contributed by atoms with Gasteiger partial charge in [-0.2, -0.15) is 22.6 Å². The van der Waals surface area contributed by atoms with E-state index in [9.17, 15) is 22.4 Å². The third-order valence-corrected chi connectivity index (χ3v) is 2.52. The predicted octanol–water partition coefficient (Wildman–Crippen LogP) is 2.06. The fourth-order valence-electron chi connectivity index (χ4n) is 1.57. The summed E-state index contributed by atoms with van der Waals surface area (Å²) >= 11 is 0. The van der Waals surface area contributed by atoms with Crippen LogP contribution in [-0.2, 0) is 11.3 Å². The first-order valence-electron chi connectivity index (χ1n) is 5.78.